The molecule has 1 aliphatic heterocycles. The third kappa shape index (κ3) is 4.50. The topological polar surface area (TPSA) is 69.6 Å². The number of aliphatic hydroxyl groups is 1. The minimum atomic E-state index is -0.776. The van der Waals surface area contributed by atoms with Crippen molar-refractivity contribution in [2.45, 2.75) is 88.7 Å². The summed E-state index contributed by atoms with van der Waals surface area (Å²) < 4.78 is 0. The second kappa shape index (κ2) is 7.85. The molecular weight excluding hydrogens is 304 g/mol. The van der Waals surface area contributed by atoms with Crippen molar-refractivity contribution in [1.82, 2.24) is 10.2 Å². The first-order valence-electron chi connectivity index (χ1n) is 9.86. The third-order valence-electron chi connectivity index (χ3n) is 6.15. The highest BCUT2D eigenvalue weighted by Crippen LogP contribution is 2.32. The molecule has 0 aromatic heterocycles. The van der Waals surface area contributed by atoms with Gasteiger partial charge in [-0.3, -0.25) is 9.59 Å². The first-order valence-corrected chi connectivity index (χ1v) is 9.86. The molecule has 2 amide bonds. The Morgan fingerprint density at radius 1 is 0.958 bits per heavy atom. The minimum absolute atomic E-state index is 0.0311. The van der Waals surface area contributed by atoms with Gasteiger partial charge in [0.05, 0.1) is 12.0 Å². The zero-order valence-electron chi connectivity index (χ0n) is 14.8. The predicted molar refractivity (Wildman–Crippen MR) is 92.4 cm³/mol. The molecule has 3 fully saturated rings. The Morgan fingerprint density at radius 2 is 1.58 bits per heavy atom. The molecule has 0 aromatic carbocycles. The normalized spacial score (nSPS) is 25.6. The fourth-order valence-electron chi connectivity index (χ4n) is 4.64. The standard InChI is InChI=1S/C19H32N2O3/c22-17(14-19(24)10-4-5-11-19)20-16-8-12-21(13-9-16)18(23)15-6-2-1-3-7-15/h15-16,24H,1-14H2,(H,20,22). The van der Waals surface area contributed by atoms with Gasteiger partial charge in [0.1, 0.15) is 0 Å². The van der Waals surface area contributed by atoms with Crippen LogP contribution in [0.1, 0.15) is 77.0 Å². The van der Waals surface area contributed by atoms with Gasteiger partial charge >= 0.3 is 0 Å². The molecule has 1 heterocycles. The summed E-state index contributed by atoms with van der Waals surface area (Å²) in [7, 11) is 0. The first-order chi connectivity index (χ1) is 11.6. The van der Waals surface area contributed by atoms with Crippen LogP contribution in [-0.2, 0) is 9.59 Å². The van der Waals surface area contributed by atoms with Crippen molar-refractivity contribution in [3.05, 3.63) is 0 Å². The number of nitrogens with one attached hydrogen (secondary N) is 1. The van der Waals surface area contributed by atoms with Gasteiger partial charge in [0.15, 0.2) is 0 Å². The van der Waals surface area contributed by atoms with Gasteiger partial charge in [-0.15, -0.1) is 0 Å². The van der Waals surface area contributed by atoms with E-state index in [1.807, 2.05) is 4.90 Å². The van der Waals surface area contributed by atoms with Crippen LogP contribution >= 0.6 is 0 Å². The van der Waals surface area contributed by atoms with Crippen molar-refractivity contribution in [2.24, 2.45) is 5.92 Å². The highest BCUT2D eigenvalue weighted by molar-refractivity contribution is 5.79. The van der Waals surface area contributed by atoms with Gasteiger partial charge < -0.3 is 15.3 Å². The lowest BCUT2D eigenvalue weighted by Crippen LogP contribution is -2.49. The number of carbonyl (C=O) groups excluding carboxylic acids is 2. The molecule has 2 N–H and O–H groups in total. The van der Waals surface area contributed by atoms with E-state index in [0.717, 1.165) is 64.5 Å². The van der Waals surface area contributed by atoms with E-state index in [1.54, 1.807) is 0 Å². The monoisotopic (exact) mass is 336 g/mol. The third-order valence-corrected chi connectivity index (χ3v) is 6.15. The fraction of sp³-hybridized carbons (Fsp3) is 0.895. The smallest absolute Gasteiger partial charge is 0.225 e. The van der Waals surface area contributed by atoms with Crippen LogP contribution in [0.3, 0.4) is 0 Å². The second-order valence-corrected chi connectivity index (χ2v) is 8.11. The lowest BCUT2D eigenvalue weighted by atomic mass is 9.87. The van der Waals surface area contributed by atoms with Crippen molar-refractivity contribution in [3.63, 3.8) is 0 Å². The molecule has 0 spiro atoms. The number of hydrogen-bond donors (Lipinski definition) is 2. The minimum Gasteiger partial charge on any atom is -0.389 e. The van der Waals surface area contributed by atoms with Crippen LogP contribution in [0.4, 0.5) is 0 Å². The number of likely N-dealkylation sites (tertiary alicyclic amines) is 1. The van der Waals surface area contributed by atoms with E-state index in [0.29, 0.717) is 5.91 Å². The molecular formula is C19H32N2O3. The average molecular weight is 336 g/mol. The van der Waals surface area contributed by atoms with Crippen LogP contribution in [0.25, 0.3) is 0 Å². The molecule has 2 aliphatic carbocycles. The number of amides is 2. The van der Waals surface area contributed by atoms with Crippen LogP contribution in [0.5, 0.6) is 0 Å². The molecule has 1 saturated heterocycles. The lowest BCUT2D eigenvalue weighted by Gasteiger charge is -2.35. The molecule has 0 radical (unpaired) electrons. The maximum absolute atomic E-state index is 12.6. The van der Waals surface area contributed by atoms with Crippen molar-refractivity contribution >= 4 is 11.8 Å². The zero-order valence-corrected chi connectivity index (χ0v) is 14.8. The molecule has 2 saturated carbocycles. The molecule has 3 rings (SSSR count). The van der Waals surface area contributed by atoms with Gasteiger partial charge in [0, 0.05) is 25.0 Å². The van der Waals surface area contributed by atoms with Gasteiger partial charge in [0.2, 0.25) is 11.8 Å². The van der Waals surface area contributed by atoms with Gasteiger partial charge in [-0.2, -0.15) is 0 Å². The highest BCUT2D eigenvalue weighted by atomic mass is 16.3. The number of carbonyl (C=O) groups is 2. The number of piperidine rings is 1. The quantitative estimate of drug-likeness (QED) is 0.828. The number of hydrogen-bond acceptors (Lipinski definition) is 3. The Hall–Kier alpha value is -1.10. The molecule has 5 heteroatoms. The van der Waals surface area contributed by atoms with E-state index in [9.17, 15) is 14.7 Å². The lowest BCUT2D eigenvalue weighted by molar-refractivity contribution is -0.137. The summed E-state index contributed by atoms with van der Waals surface area (Å²) in [6.45, 7) is 1.51. The Labute approximate surface area is 145 Å². The van der Waals surface area contributed by atoms with E-state index >= 15 is 0 Å². The summed E-state index contributed by atoms with van der Waals surface area (Å²) in [5.74, 6) is 0.540. The Bertz CT molecular complexity index is 446. The van der Waals surface area contributed by atoms with E-state index in [2.05, 4.69) is 5.32 Å². The fourth-order valence-corrected chi connectivity index (χ4v) is 4.64. The maximum Gasteiger partial charge on any atom is 0.225 e. The van der Waals surface area contributed by atoms with E-state index in [4.69, 9.17) is 0 Å². The van der Waals surface area contributed by atoms with Crippen LogP contribution in [0.2, 0.25) is 0 Å². The summed E-state index contributed by atoms with van der Waals surface area (Å²) in [6.07, 6.45) is 11.2. The molecule has 136 valence electrons. The van der Waals surface area contributed by atoms with Crippen LogP contribution < -0.4 is 5.32 Å². The van der Waals surface area contributed by atoms with Gasteiger partial charge in [-0.05, 0) is 38.5 Å². The van der Waals surface area contributed by atoms with E-state index in [-0.39, 0.29) is 24.3 Å². The van der Waals surface area contributed by atoms with Gasteiger partial charge in [-0.1, -0.05) is 32.1 Å². The number of rotatable bonds is 4. The van der Waals surface area contributed by atoms with Crippen molar-refractivity contribution in [2.75, 3.05) is 13.1 Å². The second-order valence-electron chi connectivity index (χ2n) is 8.11. The molecule has 5 nitrogen and oxygen atoms in total. The summed E-state index contributed by atoms with van der Waals surface area (Å²) in [6, 6.07) is 0.151. The van der Waals surface area contributed by atoms with Crippen LogP contribution in [0.15, 0.2) is 0 Å². The van der Waals surface area contributed by atoms with Crippen LogP contribution in [-0.4, -0.2) is 46.6 Å². The molecule has 0 bridgehead atoms. The molecule has 0 unspecified atom stereocenters. The first kappa shape index (κ1) is 17.7. The van der Waals surface area contributed by atoms with Crippen molar-refractivity contribution in [1.29, 1.82) is 0 Å². The summed E-state index contributed by atoms with van der Waals surface area (Å²) in [5, 5.41) is 13.4. The Kier molecular flexibility index (Phi) is 5.80. The zero-order chi connectivity index (χ0) is 17.0. The summed E-state index contributed by atoms with van der Waals surface area (Å²) in [5.41, 5.74) is -0.776. The van der Waals surface area contributed by atoms with Gasteiger partial charge in [0.25, 0.3) is 0 Å². The summed E-state index contributed by atoms with van der Waals surface area (Å²) in [4.78, 5) is 26.7. The summed E-state index contributed by atoms with van der Waals surface area (Å²) >= 11 is 0. The Balaban J connectivity index is 1.40. The SMILES string of the molecule is O=C(CC1(O)CCCC1)NC1CCN(C(=O)C2CCCCC2)CC1. The predicted octanol–water partition coefficient (Wildman–Crippen LogP) is 2.37. The molecule has 3 aliphatic rings. The average Bonchev–Trinajstić information content (AvgIpc) is 3.01. The maximum atomic E-state index is 12.6. The largest absolute Gasteiger partial charge is 0.389 e. The number of nitrogens with zero attached hydrogens (tertiary/aromatic N) is 1. The highest BCUT2D eigenvalue weighted by Gasteiger charge is 2.34. The van der Waals surface area contributed by atoms with E-state index in [1.165, 1.54) is 19.3 Å². The van der Waals surface area contributed by atoms with Crippen molar-refractivity contribution in [3.8, 4) is 0 Å². The molecule has 0 atom stereocenters. The van der Waals surface area contributed by atoms with E-state index < -0.39 is 5.60 Å². The molecule has 24 heavy (non-hydrogen) atoms. The Morgan fingerprint density at radius 3 is 2.21 bits per heavy atom. The van der Waals surface area contributed by atoms with Crippen LogP contribution in [0, 0.1) is 5.92 Å². The van der Waals surface area contributed by atoms with Gasteiger partial charge in [-0.25, -0.2) is 0 Å². The van der Waals surface area contributed by atoms with Crippen molar-refractivity contribution < 1.29 is 14.7 Å². The molecule has 0 aromatic rings.